The van der Waals surface area contributed by atoms with Crippen LogP contribution in [0.1, 0.15) is 52.4 Å². The first kappa shape index (κ1) is 18.5. The SMILES string of the molecule is CCN(CC)CC(O)COCC12CC3CC(CC(C3)C1)C2.Cl. The average molecular weight is 332 g/mol. The number of aliphatic hydroxyl groups is 1. The Balaban J connectivity index is 0.00000176. The van der Waals surface area contributed by atoms with Crippen molar-refractivity contribution in [1.82, 2.24) is 4.90 Å². The first-order chi connectivity index (χ1) is 10.1. The van der Waals surface area contributed by atoms with Crippen LogP contribution in [-0.4, -0.2) is 49.0 Å². The molecule has 4 fully saturated rings. The summed E-state index contributed by atoms with van der Waals surface area (Å²) in [7, 11) is 0. The second-order valence-electron chi connectivity index (χ2n) is 8.07. The number of halogens is 1. The molecule has 0 spiro atoms. The van der Waals surface area contributed by atoms with Gasteiger partial charge in [-0.2, -0.15) is 0 Å². The number of likely N-dealkylation sites (N-methyl/N-ethyl adjacent to an activating group) is 1. The largest absolute Gasteiger partial charge is 0.389 e. The van der Waals surface area contributed by atoms with E-state index in [-0.39, 0.29) is 18.5 Å². The van der Waals surface area contributed by atoms with Crippen molar-refractivity contribution in [3.05, 3.63) is 0 Å². The minimum atomic E-state index is -0.334. The molecule has 0 aromatic rings. The van der Waals surface area contributed by atoms with Gasteiger partial charge in [-0.15, -0.1) is 12.4 Å². The van der Waals surface area contributed by atoms with Gasteiger partial charge in [-0.1, -0.05) is 13.8 Å². The zero-order chi connectivity index (χ0) is 14.9. The summed E-state index contributed by atoms with van der Waals surface area (Å²) < 4.78 is 5.99. The van der Waals surface area contributed by atoms with E-state index in [9.17, 15) is 5.11 Å². The van der Waals surface area contributed by atoms with Crippen LogP contribution in [0.15, 0.2) is 0 Å². The standard InChI is InChI=1S/C18H33NO2.ClH/c1-3-19(4-2)11-17(20)12-21-13-18-8-14-5-15(9-18)7-16(6-14)10-18;/h14-17,20H,3-13H2,1-2H3;1H. The zero-order valence-corrected chi connectivity index (χ0v) is 15.1. The van der Waals surface area contributed by atoms with E-state index >= 15 is 0 Å². The third-order valence-corrected chi connectivity index (χ3v) is 6.25. The molecule has 0 aliphatic heterocycles. The molecule has 22 heavy (non-hydrogen) atoms. The van der Waals surface area contributed by atoms with Crippen molar-refractivity contribution in [2.75, 3.05) is 32.8 Å². The van der Waals surface area contributed by atoms with Crippen molar-refractivity contribution >= 4 is 12.4 Å². The van der Waals surface area contributed by atoms with E-state index in [0.29, 0.717) is 12.0 Å². The first-order valence-corrected chi connectivity index (χ1v) is 9.10. The molecule has 1 unspecified atom stereocenters. The zero-order valence-electron chi connectivity index (χ0n) is 14.3. The summed E-state index contributed by atoms with van der Waals surface area (Å²) >= 11 is 0. The van der Waals surface area contributed by atoms with Crippen molar-refractivity contribution < 1.29 is 9.84 Å². The predicted molar refractivity (Wildman–Crippen MR) is 92.5 cm³/mol. The highest BCUT2D eigenvalue weighted by atomic mass is 35.5. The van der Waals surface area contributed by atoms with E-state index in [1.54, 1.807) is 0 Å². The summed E-state index contributed by atoms with van der Waals surface area (Å²) in [5.74, 6) is 2.96. The molecule has 0 radical (unpaired) electrons. The van der Waals surface area contributed by atoms with Crippen LogP contribution < -0.4 is 0 Å². The number of hydrogen-bond acceptors (Lipinski definition) is 3. The molecule has 130 valence electrons. The quantitative estimate of drug-likeness (QED) is 0.740. The lowest BCUT2D eigenvalue weighted by atomic mass is 9.50. The van der Waals surface area contributed by atoms with E-state index in [2.05, 4.69) is 18.7 Å². The van der Waals surface area contributed by atoms with Gasteiger partial charge in [0.1, 0.15) is 0 Å². The van der Waals surface area contributed by atoms with Crippen LogP contribution in [-0.2, 0) is 4.74 Å². The summed E-state index contributed by atoms with van der Waals surface area (Å²) in [5, 5.41) is 10.1. The lowest BCUT2D eigenvalue weighted by molar-refractivity contribution is -0.107. The lowest BCUT2D eigenvalue weighted by Crippen LogP contribution is -2.48. The molecule has 3 nitrogen and oxygen atoms in total. The van der Waals surface area contributed by atoms with Gasteiger partial charge in [0.15, 0.2) is 0 Å². The molecule has 0 heterocycles. The Morgan fingerprint density at radius 1 is 1.05 bits per heavy atom. The molecule has 0 amide bonds. The third kappa shape index (κ3) is 4.17. The van der Waals surface area contributed by atoms with Crippen LogP contribution in [0, 0.1) is 23.2 Å². The Morgan fingerprint density at radius 2 is 1.55 bits per heavy atom. The fraction of sp³-hybridized carbons (Fsp3) is 1.00. The predicted octanol–water partition coefficient (Wildman–Crippen LogP) is 3.34. The number of rotatable bonds is 8. The van der Waals surface area contributed by atoms with Gasteiger partial charge < -0.3 is 14.7 Å². The second-order valence-corrected chi connectivity index (χ2v) is 8.07. The van der Waals surface area contributed by atoms with E-state index in [4.69, 9.17) is 4.74 Å². The van der Waals surface area contributed by atoms with Gasteiger partial charge in [0.25, 0.3) is 0 Å². The molecule has 0 saturated heterocycles. The first-order valence-electron chi connectivity index (χ1n) is 9.10. The molecule has 1 N–H and O–H groups in total. The second kappa shape index (κ2) is 7.83. The number of ether oxygens (including phenoxy) is 1. The molecule has 4 saturated carbocycles. The van der Waals surface area contributed by atoms with Crippen molar-refractivity contribution in [3.8, 4) is 0 Å². The van der Waals surface area contributed by atoms with Crippen LogP contribution >= 0.6 is 12.4 Å². The van der Waals surface area contributed by atoms with Gasteiger partial charge in [0, 0.05) is 6.54 Å². The highest BCUT2D eigenvalue weighted by Crippen LogP contribution is 2.59. The molecule has 0 aromatic carbocycles. The molecule has 0 aromatic heterocycles. The Hall–Kier alpha value is 0.170. The monoisotopic (exact) mass is 331 g/mol. The summed E-state index contributed by atoms with van der Waals surface area (Å²) in [5.41, 5.74) is 0.476. The van der Waals surface area contributed by atoms with Crippen molar-refractivity contribution in [3.63, 3.8) is 0 Å². The van der Waals surface area contributed by atoms with Crippen LogP contribution in [0.4, 0.5) is 0 Å². The maximum absolute atomic E-state index is 10.1. The van der Waals surface area contributed by atoms with E-state index in [0.717, 1.165) is 44.0 Å². The van der Waals surface area contributed by atoms with Crippen molar-refractivity contribution in [1.29, 1.82) is 0 Å². The van der Waals surface area contributed by atoms with Crippen LogP contribution in [0.3, 0.4) is 0 Å². The molecule has 4 aliphatic rings. The summed E-state index contributed by atoms with van der Waals surface area (Å²) in [6.45, 7) is 8.45. The van der Waals surface area contributed by atoms with Crippen molar-refractivity contribution in [2.24, 2.45) is 23.2 Å². The van der Waals surface area contributed by atoms with E-state index in [1.165, 1.54) is 38.5 Å². The Kier molecular flexibility index (Phi) is 6.59. The van der Waals surface area contributed by atoms with Gasteiger partial charge in [0.2, 0.25) is 0 Å². The van der Waals surface area contributed by atoms with Gasteiger partial charge in [0.05, 0.1) is 19.3 Å². The highest BCUT2D eigenvalue weighted by Gasteiger charge is 2.50. The van der Waals surface area contributed by atoms with Gasteiger partial charge in [-0.05, 0) is 74.8 Å². The van der Waals surface area contributed by atoms with E-state index in [1.807, 2.05) is 0 Å². The molecule has 4 bridgehead atoms. The smallest absolute Gasteiger partial charge is 0.0900 e. The third-order valence-electron chi connectivity index (χ3n) is 6.25. The normalized spacial score (nSPS) is 37.4. The molecular formula is C18H34ClNO2. The minimum Gasteiger partial charge on any atom is -0.389 e. The summed E-state index contributed by atoms with van der Waals surface area (Å²) in [4.78, 5) is 2.26. The molecule has 4 aliphatic carbocycles. The molecule has 4 heteroatoms. The average Bonchev–Trinajstić information content (AvgIpc) is 2.43. The maximum Gasteiger partial charge on any atom is 0.0900 e. The highest BCUT2D eigenvalue weighted by molar-refractivity contribution is 5.85. The fourth-order valence-corrected chi connectivity index (χ4v) is 5.71. The Labute approximate surface area is 142 Å². The number of hydrogen-bond donors (Lipinski definition) is 1. The maximum atomic E-state index is 10.1. The Bertz CT molecular complexity index is 311. The number of aliphatic hydroxyl groups excluding tert-OH is 1. The topological polar surface area (TPSA) is 32.7 Å². The summed E-state index contributed by atoms with van der Waals surface area (Å²) in [6, 6.07) is 0. The fourth-order valence-electron chi connectivity index (χ4n) is 5.71. The lowest BCUT2D eigenvalue weighted by Gasteiger charge is -2.56. The van der Waals surface area contributed by atoms with Gasteiger partial charge in [-0.3, -0.25) is 0 Å². The van der Waals surface area contributed by atoms with E-state index < -0.39 is 0 Å². The van der Waals surface area contributed by atoms with Gasteiger partial charge >= 0.3 is 0 Å². The van der Waals surface area contributed by atoms with Gasteiger partial charge in [-0.25, -0.2) is 0 Å². The number of nitrogens with zero attached hydrogens (tertiary/aromatic N) is 1. The molecule has 1 atom stereocenters. The van der Waals surface area contributed by atoms with Crippen LogP contribution in [0.2, 0.25) is 0 Å². The van der Waals surface area contributed by atoms with Crippen LogP contribution in [0.25, 0.3) is 0 Å². The molecular weight excluding hydrogens is 298 g/mol. The molecule has 4 rings (SSSR count). The summed E-state index contributed by atoms with van der Waals surface area (Å²) in [6.07, 6.45) is 8.32. The Morgan fingerprint density at radius 3 is 2.00 bits per heavy atom. The van der Waals surface area contributed by atoms with Crippen LogP contribution in [0.5, 0.6) is 0 Å². The minimum absolute atomic E-state index is 0. The van der Waals surface area contributed by atoms with Crippen molar-refractivity contribution in [2.45, 2.75) is 58.5 Å².